The summed E-state index contributed by atoms with van der Waals surface area (Å²) >= 11 is 1.60. The summed E-state index contributed by atoms with van der Waals surface area (Å²) in [5.74, 6) is -1.44. The average Bonchev–Trinajstić information content (AvgIpc) is 2.95. The normalized spacial score (nSPS) is 11.7. The lowest BCUT2D eigenvalue weighted by molar-refractivity contribution is -0.136. The summed E-state index contributed by atoms with van der Waals surface area (Å²) in [4.78, 5) is 29.6. The molecule has 0 aliphatic carbocycles. The Morgan fingerprint density at radius 1 is 1.32 bits per heavy atom. The molecular weight excluding hydrogens is 302 g/mol. The Balaban J connectivity index is 1.87. The van der Waals surface area contributed by atoms with Gasteiger partial charge in [0.2, 0.25) is 0 Å². The maximum atomic E-state index is 11.8. The number of ether oxygens (including phenoxy) is 1. The zero-order valence-electron chi connectivity index (χ0n) is 12.3. The van der Waals surface area contributed by atoms with Crippen molar-refractivity contribution in [2.75, 3.05) is 19.0 Å². The van der Waals surface area contributed by atoms with E-state index in [0.29, 0.717) is 5.69 Å². The molecular formula is C15H17N3O3S. The molecule has 1 unspecified atom stereocenters. The number of amides is 2. The van der Waals surface area contributed by atoms with Crippen LogP contribution in [0.5, 0.6) is 0 Å². The minimum Gasteiger partial charge on any atom is -0.374 e. The van der Waals surface area contributed by atoms with Crippen LogP contribution in [0, 0.1) is 6.92 Å². The van der Waals surface area contributed by atoms with Crippen LogP contribution in [0.25, 0.3) is 0 Å². The molecule has 2 aromatic heterocycles. The number of rotatable bonds is 5. The Hall–Kier alpha value is -2.25. The molecule has 0 aliphatic heterocycles. The van der Waals surface area contributed by atoms with Crippen LogP contribution in [0.15, 0.2) is 36.7 Å². The highest BCUT2D eigenvalue weighted by Crippen LogP contribution is 2.24. The predicted octanol–water partition coefficient (Wildman–Crippen LogP) is 1.89. The molecule has 2 heterocycles. The first kappa shape index (κ1) is 16.1. The third-order valence-electron chi connectivity index (χ3n) is 2.94. The number of anilines is 1. The SMILES string of the molecule is COC(CNC(=O)C(=O)Nc1cccnc1)c1ccc(C)s1. The number of nitrogens with zero attached hydrogens (tertiary/aromatic N) is 1. The minimum absolute atomic E-state index is 0.232. The lowest BCUT2D eigenvalue weighted by Crippen LogP contribution is -2.37. The topological polar surface area (TPSA) is 80.3 Å². The average molecular weight is 319 g/mol. The maximum absolute atomic E-state index is 11.8. The lowest BCUT2D eigenvalue weighted by Gasteiger charge is -2.14. The van der Waals surface area contributed by atoms with Crippen LogP contribution in [0.4, 0.5) is 5.69 Å². The predicted molar refractivity (Wildman–Crippen MR) is 84.7 cm³/mol. The van der Waals surface area contributed by atoms with Gasteiger partial charge in [0, 0.05) is 29.6 Å². The Bertz CT molecular complexity index is 642. The van der Waals surface area contributed by atoms with Crippen LogP contribution in [0.2, 0.25) is 0 Å². The summed E-state index contributed by atoms with van der Waals surface area (Å²) in [6.45, 7) is 2.23. The van der Waals surface area contributed by atoms with E-state index < -0.39 is 11.8 Å². The van der Waals surface area contributed by atoms with E-state index in [1.165, 1.54) is 6.20 Å². The van der Waals surface area contributed by atoms with Crippen molar-refractivity contribution in [3.63, 3.8) is 0 Å². The van der Waals surface area contributed by atoms with E-state index in [-0.39, 0.29) is 12.6 Å². The van der Waals surface area contributed by atoms with Gasteiger partial charge in [-0.15, -0.1) is 11.3 Å². The van der Waals surface area contributed by atoms with Crippen molar-refractivity contribution in [2.24, 2.45) is 0 Å². The van der Waals surface area contributed by atoms with E-state index in [9.17, 15) is 9.59 Å². The lowest BCUT2D eigenvalue weighted by atomic mass is 10.3. The molecule has 0 saturated heterocycles. The molecule has 0 spiro atoms. The quantitative estimate of drug-likeness (QED) is 0.825. The summed E-state index contributed by atoms with van der Waals surface area (Å²) in [5.41, 5.74) is 0.472. The van der Waals surface area contributed by atoms with Crippen LogP contribution in [-0.2, 0) is 14.3 Å². The number of thiophene rings is 1. The Labute approximate surface area is 132 Å². The van der Waals surface area contributed by atoms with Crippen molar-refractivity contribution in [3.8, 4) is 0 Å². The summed E-state index contributed by atoms with van der Waals surface area (Å²) in [6, 6.07) is 7.27. The molecule has 0 bridgehead atoms. The van der Waals surface area contributed by atoms with Gasteiger partial charge >= 0.3 is 11.8 Å². The van der Waals surface area contributed by atoms with Crippen LogP contribution in [0.3, 0.4) is 0 Å². The second-order valence-electron chi connectivity index (χ2n) is 4.58. The van der Waals surface area contributed by atoms with E-state index in [4.69, 9.17) is 4.74 Å². The third kappa shape index (κ3) is 4.37. The number of nitrogens with one attached hydrogen (secondary N) is 2. The van der Waals surface area contributed by atoms with Gasteiger partial charge in [-0.2, -0.15) is 0 Å². The number of carbonyl (C=O) groups excluding carboxylic acids is 2. The second-order valence-corrected chi connectivity index (χ2v) is 5.90. The van der Waals surface area contributed by atoms with Crippen molar-refractivity contribution in [1.82, 2.24) is 10.3 Å². The van der Waals surface area contributed by atoms with Gasteiger partial charge in [0.1, 0.15) is 6.10 Å². The molecule has 116 valence electrons. The van der Waals surface area contributed by atoms with Crippen molar-refractivity contribution >= 4 is 28.8 Å². The second kappa shape index (κ2) is 7.67. The van der Waals surface area contributed by atoms with Crippen molar-refractivity contribution in [3.05, 3.63) is 46.4 Å². The van der Waals surface area contributed by atoms with Crippen LogP contribution >= 0.6 is 11.3 Å². The first-order valence-electron chi connectivity index (χ1n) is 6.68. The molecule has 2 aromatic rings. The fourth-order valence-corrected chi connectivity index (χ4v) is 2.77. The number of hydrogen-bond acceptors (Lipinski definition) is 5. The monoisotopic (exact) mass is 319 g/mol. The molecule has 0 fully saturated rings. The minimum atomic E-state index is -0.731. The van der Waals surface area contributed by atoms with E-state index >= 15 is 0 Å². The van der Waals surface area contributed by atoms with Crippen molar-refractivity contribution in [1.29, 1.82) is 0 Å². The van der Waals surface area contributed by atoms with Gasteiger partial charge in [-0.1, -0.05) is 0 Å². The molecule has 0 aliphatic rings. The molecule has 0 aromatic carbocycles. The Kier molecular flexibility index (Phi) is 5.62. The van der Waals surface area contributed by atoms with Gasteiger partial charge < -0.3 is 15.4 Å². The highest BCUT2D eigenvalue weighted by Gasteiger charge is 2.18. The summed E-state index contributed by atoms with van der Waals surface area (Å²) < 4.78 is 5.35. The van der Waals surface area contributed by atoms with E-state index in [1.54, 1.807) is 36.8 Å². The van der Waals surface area contributed by atoms with Crippen molar-refractivity contribution < 1.29 is 14.3 Å². The molecule has 22 heavy (non-hydrogen) atoms. The highest BCUT2D eigenvalue weighted by molar-refractivity contribution is 7.12. The van der Waals surface area contributed by atoms with Crippen LogP contribution in [-0.4, -0.2) is 30.5 Å². The molecule has 1 atom stereocenters. The number of hydrogen-bond donors (Lipinski definition) is 2. The Morgan fingerprint density at radius 2 is 2.14 bits per heavy atom. The van der Waals surface area contributed by atoms with Gasteiger partial charge in [0.25, 0.3) is 0 Å². The molecule has 7 heteroatoms. The third-order valence-corrected chi connectivity index (χ3v) is 4.03. The van der Waals surface area contributed by atoms with E-state index in [1.807, 2.05) is 19.1 Å². The fourth-order valence-electron chi connectivity index (χ4n) is 1.82. The van der Waals surface area contributed by atoms with Gasteiger partial charge in [-0.25, -0.2) is 0 Å². The van der Waals surface area contributed by atoms with Crippen LogP contribution in [0.1, 0.15) is 15.9 Å². The number of carbonyl (C=O) groups is 2. The summed E-state index contributed by atoms with van der Waals surface area (Å²) in [7, 11) is 1.57. The molecule has 2 amide bonds. The zero-order valence-corrected chi connectivity index (χ0v) is 13.1. The van der Waals surface area contributed by atoms with Gasteiger partial charge in [-0.05, 0) is 31.2 Å². The largest absolute Gasteiger partial charge is 0.374 e. The first-order valence-corrected chi connectivity index (χ1v) is 7.50. The zero-order chi connectivity index (χ0) is 15.9. The van der Waals surface area contributed by atoms with Crippen LogP contribution < -0.4 is 10.6 Å². The standard InChI is InChI=1S/C15H17N3O3S/c1-10-5-6-13(22-10)12(21-2)9-17-14(19)15(20)18-11-4-3-7-16-8-11/h3-8,12H,9H2,1-2H3,(H,17,19)(H,18,20). The number of pyridine rings is 1. The maximum Gasteiger partial charge on any atom is 0.313 e. The Morgan fingerprint density at radius 3 is 2.73 bits per heavy atom. The molecule has 2 rings (SSSR count). The summed E-state index contributed by atoms with van der Waals surface area (Å²) in [5, 5.41) is 5.05. The number of aryl methyl sites for hydroxylation is 1. The molecule has 2 N–H and O–H groups in total. The number of methoxy groups -OCH3 is 1. The molecule has 6 nitrogen and oxygen atoms in total. The highest BCUT2D eigenvalue weighted by atomic mass is 32.1. The van der Waals surface area contributed by atoms with E-state index in [0.717, 1.165) is 9.75 Å². The smallest absolute Gasteiger partial charge is 0.313 e. The molecule has 0 saturated carbocycles. The van der Waals surface area contributed by atoms with Gasteiger partial charge in [0.15, 0.2) is 0 Å². The number of aromatic nitrogens is 1. The molecule has 0 radical (unpaired) electrons. The first-order chi connectivity index (χ1) is 10.6. The fraction of sp³-hybridized carbons (Fsp3) is 0.267. The van der Waals surface area contributed by atoms with Gasteiger partial charge in [-0.3, -0.25) is 14.6 Å². The summed E-state index contributed by atoms with van der Waals surface area (Å²) in [6.07, 6.45) is 2.79. The van der Waals surface area contributed by atoms with Crippen molar-refractivity contribution in [2.45, 2.75) is 13.0 Å². The van der Waals surface area contributed by atoms with Gasteiger partial charge in [0.05, 0.1) is 11.9 Å². The van der Waals surface area contributed by atoms with E-state index in [2.05, 4.69) is 15.6 Å².